The van der Waals surface area contributed by atoms with Gasteiger partial charge in [0.25, 0.3) is 11.1 Å². The lowest BCUT2D eigenvalue weighted by Gasteiger charge is -2.08. The Balaban J connectivity index is 2.18. The molecule has 23 heavy (non-hydrogen) atoms. The van der Waals surface area contributed by atoms with Crippen molar-refractivity contribution in [3.8, 4) is 5.82 Å². The van der Waals surface area contributed by atoms with E-state index in [0.29, 0.717) is 27.5 Å². The summed E-state index contributed by atoms with van der Waals surface area (Å²) >= 11 is 0. The van der Waals surface area contributed by atoms with Crippen molar-refractivity contribution in [3.05, 3.63) is 75.8 Å². The van der Waals surface area contributed by atoms with E-state index < -0.39 is 0 Å². The summed E-state index contributed by atoms with van der Waals surface area (Å²) in [6.45, 7) is 0. The highest BCUT2D eigenvalue weighted by Crippen LogP contribution is 2.18. The first kappa shape index (κ1) is 13.4. The number of hydrogen-bond donors (Lipinski definition) is 0. The van der Waals surface area contributed by atoms with Crippen LogP contribution in [0.1, 0.15) is 0 Å². The molecule has 0 amide bonds. The first-order chi connectivity index (χ1) is 11.2. The third-order valence-corrected chi connectivity index (χ3v) is 3.87. The highest BCUT2D eigenvalue weighted by molar-refractivity contribution is 6.04. The Labute approximate surface area is 130 Å². The molecule has 6 heteroatoms. The van der Waals surface area contributed by atoms with E-state index in [-0.39, 0.29) is 11.1 Å². The zero-order valence-electron chi connectivity index (χ0n) is 12.3. The van der Waals surface area contributed by atoms with Crippen LogP contribution in [0.5, 0.6) is 0 Å². The third kappa shape index (κ3) is 1.96. The highest BCUT2D eigenvalue weighted by atomic mass is 16.1. The second kappa shape index (κ2) is 4.88. The lowest BCUT2D eigenvalue weighted by Crippen LogP contribution is -2.21. The van der Waals surface area contributed by atoms with Crippen molar-refractivity contribution in [2.24, 2.45) is 7.05 Å². The lowest BCUT2D eigenvalue weighted by atomic mass is 10.1. The molecule has 0 aliphatic rings. The zero-order chi connectivity index (χ0) is 16.0. The highest BCUT2D eigenvalue weighted by Gasteiger charge is 2.12. The van der Waals surface area contributed by atoms with Crippen LogP contribution in [0.25, 0.3) is 27.5 Å². The van der Waals surface area contributed by atoms with Gasteiger partial charge in [0.1, 0.15) is 5.82 Å². The van der Waals surface area contributed by atoms with Gasteiger partial charge in [0, 0.05) is 37.2 Å². The van der Waals surface area contributed by atoms with Crippen molar-refractivity contribution in [3.63, 3.8) is 0 Å². The van der Waals surface area contributed by atoms with Gasteiger partial charge in [-0.15, -0.1) is 0 Å². The molecule has 0 aliphatic carbocycles. The minimum absolute atomic E-state index is 0.176. The topological polar surface area (TPSA) is 69.8 Å². The average molecular weight is 304 g/mol. The normalized spacial score (nSPS) is 11.2. The van der Waals surface area contributed by atoms with Crippen LogP contribution in [0, 0.1) is 0 Å². The van der Waals surface area contributed by atoms with Gasteiger partial charge in [-0.2, -0.15) is 0 Å². The maximum absolute atomic E-state index is 12.9. The SMILES string of the molecule is Cn1ccc2c(cnc3ccn(-c4ccccn4)c(=O)c32)c1=O. The van der Waals surface area contributed by atoms with E-state index in [4.69, 9.17) is 0 Å². The van der Waals surface area contributed by atoms with E-state index >= 15 is 0 Å². The number of nitrogens with zero attached hydrogens (tertiary/aromatic N) is 4. The summed E-state index contributed by atoms with van der Waals surface area (Å²) in [4.78, 5) is 33.6. The minimum atomic E-state index is -0.243. The molecule has 0 unspecified atom stereocenters. The summed E-state index contributed by atoms with van der Waals surface area (Å²) in [5, 5.41) is 1.46. The fraction of sp³-hybridized carbons (Fsp3) is 0.0588. The predicted molar refractivity (Wildman–Crippen MR) is 87.9 cm³/mol. The molecule has 0 radical (unpaired) electrons. The predicted octanol–water partition coefficient (Wildman–Crippen LogP) is 1.63. The van der Waals surface area contributed by atoms with Crippen LogP contribution in [-0.2, 0) is 7.05 Å². The molecule has 0 aliphatic heterocycles. The molecule has 0 saturated heterocycles. The van der Waals surface area contributed by atoms with Crippen molar-refractivity contribution >= 4 is 21.7 Å². The van der Waals surface area contributed by atoms with Crippen molar-refractivity contribution < 1.29 is 0 Å². The quantitative estimate of drug-likeness (QED) is 0.501. The van der Waals surface area contributed by atoms with Crippen LogP contribution < -0.4 is 11.1 Å². The molecule has 0 aromatic carbocycles. The van der Waals surface area contributed by atoms with Crippen LogP contribution in [0.4, 0.5) is 0 Å². The van der Waals surface area contributed by atoms with Crippen LogP contribution in [0.15, 0.2) is 64.7 Å². The largest absolute Gasteiger partial charge is 0.318 e. The Morgan fingerprint density at radius 1 is 0.913 bits per heavy atom. The second-order valence-electron chi connectivity index (χ2n) is 5.26. The summed E-state index contributed by atoms with van der Waals surface area (Å²) in [6.07, 6.45) is 6.45. The van der Waals surface area contributed by atoms with Gasteiger partial charge in [0.05, 0.1) is 16.3 Å². The molecule has 0 atom stereocenters. The first-order valence-electron chi connectivity index (χ1n) is 7.08. The molecular weight excluding hydrogens is 292 g/mol. The van der Waals surface area contributed by atoms with Crippen LogP contribution in [-0.4, -0.2) is 19.1 Å². The van der Waals surface area contributed by atoms with Crippen LogP contribution >= 0.6 is 0 Å². The molecule has 4 heterocycles. The van der Waals surface area contributed by atoms with Crippen LogP contribution in [0.3, 0.4) is 0 Å². The fourth-order valence-corrected chi connectivity index (χ4v) is 2.69. The monoisotopic (exact) mass is 304 g/mol. The molecule has 6 nitrogen and oxygen atoms in total. The maximum Gasteiger partial charge on any atom is 0.266 e. The molecule has 0 bridgehead atoms. The summed E-state index contributed by atoms with van der Waals surface area (Å²) in [5.74, 6) is 0.528. The Bertz CT molecular complexity index is 1160. The molecule has 4 aromatic heterocycles. The van der Waals surface area contributed by atoms with Gasteiger partial charge in [-0.3, -0.25) is 19.1 Å². The standard InChI is InChI=1S/C17H12N4O2/c1-20-8-5-11-12(16(20)22)10-19-13-6-9-21(17(23)15(11)13)14-4-2-3-7-18-14/h2-10H,1H3. The summed E-state index contributed by atoms with van der Waals surface area (Å²) < 4.78 is 2.93. The third-order valence-electron chi connectivity index (χ3n) is 3.87. The van der Waals surface area contributed by atoms with Gasteiger partial charge in [0.2, 0.25) is 0 Å². The van der Waals surface area contributed by atoms with Gasteiger partial charge in [0.15, 0.2) is 0 Å². The first-order valence-corrected chi connectivity index (χ1v) is 7.08. The number of aryl methyl sites for hydroxylation is 1. The molecule has 0 saturated carbocycles. The minimum Gasteiger partial charge on any atom is -0.318 e. The number of pyridine rings is 4. The summed E-state index contributed by atoms with van der Waals surface area (Å²) in [6, 6.07) is 8.88. The molecule has 4 aromatic rings. The van der Waals surface area contributed by atoms with E-state index in [1.165, 1.54) is 15.3 Å². The molecule has 0 fully saturated rings. The Morgan fingerprint density at radius 3 is 2.57 bits per heavy atom. The van der Waals surface area contributed by atoms with Crippen molar-refractivity contribution in [2.45, 2.75) is 0 Å². The van der Waals surface area contributed by atoms with E-state index in [1.54, 1.807) is 49.9 Å². The summed E-state index contributed by atoms with van der Waals surface area (Å²) in [7, 11) is 1.67. The van der Waals surface area contributed by atoms with Crippen molar-refractivity contribution in [1.29, 1.82) is 0 Å². The Kier molecular flexibility index (Phi) is 2.84. The van der Waals surface area contributed by atoms with Gasteiger partial charge in [-0.1, -0.05) is 6.07 Å². The van der Waals surface area contributed by atoms with Gasteiger partial charge >= 0.3 is 0 Å². The number of aromatic nitrogens is 4. The molecule has 4 rings (SSSR count). The Hall–Kier alpha value is -3.28. The van der Waals surface area contributed by atoms with Crippen LogP contribution in [0.2, 0.25) is 0 Å². The van der Waals surface area contributed by atoms with Crippen molar-refractivity contribution in [1.82, 2.24) is 19.1 Å². The average Bonchev–Trinajstić information content (AvgIpc) is 2.59. The van der Waals surface area contributed by atoms with Gasteiger partial charge < -0.3 is 4.57 Å². The zero-order valence-corrected chi connectivity index (χ0v) is 12.3. The molecule has 0 N–H and O–H groups in total. The smallest absolute Gasteiger partial charge is 0.266 e. The van der Waals surface area contributed by atoms with Gasteiger partial charge in [-0.05, 0) is 24.3 Å². The van der Waals surface area contributed by atoms with E-state index in [1.807, 2.05) is 6.07 Å². The molecule has 0 spiro atoms. The van der Waals surface area contributed by atoms with E-state index in [9.17, 15) is 9.59 Å². The number of fused-ring (bicyclic) bond motifs is 3. The van der Waals surface area contributed by atoms with E-state index in [0.717, 1.165) is 0 Å². The van der Waals surface area contributed by atoms with E-state index in [2.05, 4.69) is 9.97 Å². The fourth-order valence-electron chi connectivity index (χ4n) is 2.69. The number of rotatable bonds is 1. The summed E-state index contributed by atoms with van der Waals surface area (Å²) in [5.41, 5.74) is 0.139. The lowest BCUT2D eigenvalue weighted by molar-refractivity contribution is 0.872. The van der Waals surface area contributed by atoms with Gasteiger partial charge in [-0.25, -0.2) is 4.98 Å². The maximum atomic E-state index is 12.9. The Morgan fingerprint density at radius 2 is 1.78 bits per heavy atom. The molecule has 112 valence electrons. The molecular formula is C17H12N4O2. The van der Waals surface area contributed by atoms with Crippen molar-refractivity contribution in [2.75, 3.05) is 0 Å². The second-order valence-corrected chi connectivity index (χ2v) is 5.26. The number of hydrogen-bond acceptors (Lipinski definition) is 4.